The van der Waals surface area contributed by atoms with E-state index in [1.165, 1.54) is 12.4 Å². The molecule has 0 spiro atoms. The lowest BCUT2D eigenvalue weighted by atomic mass is 9.80. The summed E-state index contributed by atoms with van der Waals surface area (Å²) in [6.07, 6.45) is 5.23. The summed E-state index contributed by atoms with van der Waals surface area (Å²) in [5, 5.41) is 3.55. The molecule has 4 rings (SSSR count). The third kappa shape index (κ3) is 6.34. The number of hydrogen-bond acceptors (Lipinski definition) is 6. The van der Waals surface area contributed by atoms with Gasteiger partial charge in [-0.25, -0.2) is 14.8 Å². The van der Waals surface area contributed by atoms with Gasteiger partial charge < -0.3 is 15.0 Å². The molecule has 1 aliphatic heterocycles. The molecular formula is C30H36N4O3. The average molecular weight is 501 g/mol. The molecule has 1 saturated heterocycles. The molecule has 0 unspecified atom stereocenters. The largest absolute Gasteiger partial charge is 0.462 e. The maximum atomic E-state index is 13.7. The summed E-state index contributed by atoms with van der Waals surface area (Å²) in [7, 11) is 0. The van der Waals surface area contributed by atoms with Gasteiger partial charge >= 0.3 is 5.97 Å². The van der Waals surface area contributed by atoms with E-state index in [0.29, 0.717) is 37.1 Å². The molecule has 7 nitrogen and oxygen atoms in total. The molecule has 1 amide bonds. The van der Waals surface area contributed by atoms with Crippen LogP contribution in [0.2, 0.25) is 0 Å². The van der Waals surface area contributed by atoms with Crippen LogP contribution in [-0.2, 0) is 15.1 Å². The van der Waals surface area contributed by atoms with Gasteiger partial charge in [0.25, 0.3) is 0 Å². The van der Waals surface area contributed by atoms with E-state index < -0.39 is 11.5 Å². The van der Waals surface area contributed by atoms with Gasteiger partial charge in [0.15, 0.2) is 0 Å². The molecule has 1 aliphatic rings. The molecule has 2 aromatic carbocycles. The lowest BCUT2D eigenvalue weighted by molar-refractivity contribution is -0.134. The lowest BCUT2D eigenvalue weighted by Gasteiger charge is -2.43. The van der Waals surface area contributed by atoms with Crippen LogP contribution >= 0.6 is 0 Å². The minimum absolute atomic E-state index is 0.142. The first-order valence-electron chi connectivity index (χ1n) is 13.1. The standard InChI is InChI=1S/C30H36N4O3/c1-4-37-28(36)24-20-31-29(32-21-24)33-30(25-13-9-6-10-14-25)15-17-34(18-16-30)27(35)26(19-22(2)3)23-11-7-5-8-12-23/h5-14,20-22,26H,4,15-19H2,1-3H3,(H,31,32,33)/t26-/m0/s1. The van der Waals surface area contributed by atoms with Crippen molar-refractivity contribution in [2.45, 2.75) is 51.5 Å². The van der Waals surface area contributed by atoms with Crippen molar-refractivity contribution >= 4 is 17.8 Å². The van der Waals surface area contributed by atoms with Crippen LogP contribution in [0.5, 0.6) is 0 Å². The van der Waals surface area contributed by atoms with Crippen molar-refractivity contribution in [2.24, 2.45) is 5.92 Å². The highest BCUT2D eigenvalue weighted by Crippen LogP contribution is 2.37. The molecule has 1 N–H and O–H groups in total. The van der Waals surface area contributed by atoms with Crippen molar-refractivity contribution in [1.29, 1.82) is 0 Å². The van der Waals surface area contributed by atoms with Gasteiger partial charge in [0, 0.05) is 25.5 Å². The third-order valence-corrected chi connectivity index (χ3v) is 6.98. The second kappa shape index (κ2) is 12.0. The highest BCUT2D eigenvalue weighted by atomic mass is 16.5. The molecule has 1 aromatic heterocycles. The maximum Gasteiger partial charge on any atom is 0.341 e. The van der Waals surface area contributed by atoms with Crippen LogP contribution in [0.1, 0.15) is 67.4 Å². The Hall–Kier alpha value is -3.74. The molecule has 0 saturated carbocycles. The van der Waals surface area contributed by atoms with E-state index in [9.17, 15) is 9.59 Å². The highest BCUT2D eigenvalue weighted by Gasteiger charge is 2.39. The van der Waals surface area contributed by atoms with Crippen LogP contribution in [0.3, 0.4) is 0 Å². The van der Waals surface area contributed by atoms with Crippen LogP contribution in [0, 0.1) is 5.92 Å². The number of amides is 1. The van der Waals surface area contributed by atoms with Gasteiger partial charge in [0.05, 0.1) is 23.6 Å². The average Bonchev–Trinajstić information content (AvgIpc) is 2.93. The van der Waals surface area contributed by atoms with Gasteiger partial charge in [-0.1, -0.05) is 74.5 Å². The number of benzene rings is 2. The number of aromatic nitrogens is 2. The third-order valence-electron chi connectivity index (χ3n) is 6.98. The SMILES string of the molecule is CCOC(=O)c1cnc(NC2(c3ccccc3)CCN(C(=O)[C@@H](CC(C)C)c3ccccc3)CC2)nc1. The van der Waals surface area contributed by atoms with Gasteiger partial charge in [-0.3, -0.25) is 4.79 Å². The van der Waals surface area contributed by atoms with Crippen molar-refractivity contribution in [3.8, 4) is 0 Å². The Morgan fingerprint density at radius 3 is 2.14 bits per heavy atom. The van der Waals surface area contributed by atoms with Crippen LogP contribution < -0.4 is 5.32 Å². The zero-order chi connectivity index (χ0) is 26.3. The topological polar surface area (TPSA) is 84.4 Å². The van der Waals surface area contributed by atoms with Crippen molar-refractivity contribution in [3.63, 3.8) is 0 Å². The first-order valence-corrected chi connectivity index (χ1v) is 13.1. The number of ether oxygens (including phenoxy) is 1. The summed E-state index contributed by atoms with van der Waals surface area (Å²) in [5.41, 5.74) is 2.10. The molecule has 1 atom stereocenters. The first kappa shape index (κ1) is 26.3. The minimum atomic E-state index is -0.437. The fourth-order valence-electron chi connectivity index (χ4n) is 5.03. The Balaban J connectivity index is 1.53. The number of anilines is 1. The first-order chi connectivity index (χ1) is 17.9. The fourth-order valence-corrected chi connectivity index (χ4v) is 5.03. The van der Waals surface area contributed by atoms with E-state index in [1.807, 2.05) is 41.3 Å². The quantitative estimate of drug-likeness (QED) is 0.395. The van der Waals surface area contributed by atoms with Crippen molar-refractivity contribution in [2.75, 3.05) is 25.0 Å². The minimum Gasteiger partial charge on any atom is -0.462 e. The van der Waals surface area contributed by atoms with Gasteiger partial charge in [0.1, 0.15) is 0 Å². The summed E-state index contributed by atoms with van der Waals surface area (Å²) in [6.45, 7) is 7.65. The summed E-state index contributed by atoms with van der Waals surface area (Å²) in [6, 6.07) is 20.4. The molecule has 194 valence electrons. The van der Waals surface area contributed by atoms with Crippen LogP contribution in [0.25, 0.3) is 0 Å². The molecule has 0 aliphatic carbocycles. The number of piperidine rings is 1. The molecule has 0 bridgehead atoms. The van der Waals surface area contributed by atoms with Crippen molar-refractivity contribution in [1.82, 2.24) is 14.9 Å². The Labute approximate surface area is 219 Å². The number of likely N-dealkylation sites (tertiary alicyclic amines) is 1. The van der Waals surface area contributed by atoms with Gasteiger partial charge in [-0.15, -0.1) is 0 Å². The zero-order valence-corrected chi connectivity index (χ0v) is 21.9. The predicted octanol–water partition coefficient (Wildman–Crippen LogP) is 5.41. The lowest BCUT2D eigenvalue weighted by Crippen LogP contribution is -2.50. The molecule has 7 heteroatoms. The highest BCUT2D eigenvalue weighted by molar-refractivity contribution is 5.88. The van der Waals surface area contributed by atoms with Gasteiger partial charge in [0.2, 0.25) is 11.9 Å². The molecule has 0 radical (unpaired) electrons. The van der Waals surface area contributed by atoms with E-state index in [-0.39, 0.29) is 11.8 Å². The summed E-state index contributed by atoms with van der Waals surface area (Å²) < 4.78 is 5.04. The van der Waals surface area contributed by atoms with Crippen LogP contribution in [0.4, 0.5) is 5.95 Å². The Morgan fingerprint density at radius 2 is 1.57 bits per heavy atom. The van der Waals surface area contributed by atoms with E-state index in [2.05, 4.69) is 53.4 Å². The molecular weight excluding hydrogens is 464 g/mol. The van der Waals surface area contributed by atoms with Crippen LogP contribution in [0.15, 0.2) is 73.1 Å². The van der Waals surface area contributed by atoms with Gasteiger partial charge in [-0.2, -0.15) is 0 Å². The summed E-state index contributed by atoms with van der Waals surface area (Å²) >= 11 is 0. The number of rotatable bonds is 9. The molecule has 37 heavy (non-hydrogen) atoms. The summed E-state index contributed by atoms with van der Waals surface area (Å²) in [4.78, 5) is 36.5. The van der Waals surface area contributed by atoms with Crippen molar-refractivity contribution < 1.29 is 14.3 Å². The zero-order valence-electron chi connectivity index (χ0n) is 21.9. The number of carbonyl (C=O) groups is 2. The molecule has 2 heterocycles. The molecule has 1 fully saturated rings. The van der Waals surface area contributed by atoms with E-state index in [1.54, 1.807) is 6.92 Å². The second-order valence-electron chi connectivity index (χ2n) is 10.0. The maximum absolute atomic E-state index is 13.7. The smallest absolute Gasteiger partial charge is 0.341 e. The Bertz CT molecular complexity index is 1160. The fraction of sp³-hybridized carbons (Fsp3) is 0.400. The number of nitrogens with zero attached hydrogens (tertiary/aromatic N) is 3. The normalized spacial score (nSPS) is 15.7. The Morgan fingerprint density at radius 1 is 0.973 bits per heavy atom. The van der Waals surface area contributed by atoms with E-state index in [4.69, 9.17) is 4.74 Å². The predicted molar refractivity (Wildman–Crippen MR) is 144 cm³/mol. The van der Waals surface area contributed by atoms with E-state index >= 15 is 0 Å². The number of hydrogen-bond donors (Lipinski definition) is 1. The van der Waals surface area contributed by atoms with Crippen LogP contribution in [-0.4, -0.2) is 46.4 Å². The van der Waals surface area contributed by atoms with Crippen molar-refractivity contribution in [3.05, 3.63) is 89.7 Å². The van der Waals surface area contributed by atoms with Gasteiger partial charge in [-0.05, 0) is 43.2 Å². The molecule has 3 aromatic rings. The number of esters is 1. The second-order valence-corrected chi connectivity index (χ2v) is 10.0. The monoisotopic (exact) mass is 500 g/mol. The number of nitrogens with one attached hydrogen (secondary N) is 1. The Kier molecular flexibility index (Phi) is 8.54. The summed E-state index contributed by atoms with van der Waals surface area (Å²) in [5.74, 6) is 0.471. The van der Waals surface area contributed by atoms with E-state index in [0.717, 1.165) is 30.4 Å². The number of carbonyl (C=O) groups excluding carboxylic acids is 2.